The highest BCUT2D eigenvalue weighted by molar-refractivity contribution is 5.89. The lowest BCUT2D eigenvalue weighted by Gasteiger charge is -2.26. The molecule has 174 valence electrons. The van der Waals surface area contributed by atoms with E-state index in [0.717, 1.165) is 49.3 Å². The van der Waals surface area contributed by atoms with Gasteiger partial charge >= 0.3 is 6.03 Å². The Morgan fingerprint density at radius 2 is 1.84 bits per heavy atom. The number of nitrogens with zero attached hydrogens (tertiary/aromatic N) is 1. The highest BCUT2D eigenvalue weighted by atomic mass is 16.5. The number of carbonyl (C=O) groups excluding carboxylic acids is 1. The van der Waals surface area contributed by atoms with E-state index in [4.69, 9.17) is 9.47 Å². The molecule has 2 aromatic rings. The van der Waals surface area contributed by atoms with E-state index in [1.54, 1.807) is 0 Å². The molecule has 0 saturated carbocycles. The number of amides is 2. The van der Waals surface area contributed by atoms with Crippen molar-refractivity contribution < 1.29 is 14.3 Å². The molecule has 0 unspecified atom stereocenters. The van der Waals surface area contributed by atoms with Gasteiger partial charge in [-0.1, -0.05) is 58.4 Å². The summed E-state index contributed by atoms with van der Waals surface area (Å²) in [7, 11) is 0. The molecule has 1 heterocycles. The van der Waals surface area contributed by atoms with Crippen LogP contribution in [0.1, 0.15) is 64.5 Å². The van der Waals surface area contributed by atoms with Gasteiger partial charge in [0.05, 0.1) is 12.7 Å². The summed E-state index contributed by atoms with van der Waals surface area (Å²) in [4.78, 5) is 15.0. The average Bonchev–Trinajstić information content (AvgIpc) is 3.28. The predicted molar refractivity (Wildman–Crippen MR) is 130 cm³/mol. The Balaban J connectivity index is 1.65. The number of benzene rings is 2. The van der Waals surface area contributed by atoms with Crippen LogP contribution in [0.3, 0.4) is 0 Å². The summed E-state index contributed by atoms with van der Waals surface area (Å²) in [6, 6.07) is 16.0. The Morgan fingerprint density at radius 3 is 2.44 bits per heavy atom. The molecule has 0 aromatic heterocycles. The van der Waals surface area contributed by atoms with Crippen molar-refractivity contribution in [1.82, 2.24) is 4.90 Å². The third-order valence-corrected chi connectivity index (χ3v) is 5.80. The minimum atomic E-state index is -0.111. The number of nitrogens with one attached hydrogen (secondary N) is 1. The first-order chi connectivity index (χ1) is 15.3. The summed E-state index contributed by atoms with van der Waals surface area (Å²) in [5, 5.41) is 3.04. The molecule has 3 rings (SSSR count). The Kier molecular flexibility index (Phi) is 8.57. The smallest absolute Gasteiger partial charge is 0.322 e. The maximum atomic E-state index is 13.2. The van der Waals surface area contributed by atoms with Crippen molar-refractivity contribution in [1.29, 1.82) is 0 Å². The molecule has 32 heavy (non-hydrogen) atoms. The fourth-order valence-electron chi connectivity index (χ4n) is 3.76. The van der Waals surface area contributed by atoms with Gasteiger partial charge in [-0.3, -0.25) is 0 Å². The largest absolute Gasteiger partial charge is 0.494 e. The van der Waals surface area contributed by atoms with Crippen LogP contribution in [0.25, 0.3) is 0 Å². The molecule has 1 N–H and O–H groups in total. The van der Waals surface area contributed by atoms with Crippen LogP contribution < -0.4 is 10.1 Å². The molecule has 0 bridgehead atoms. The molecule has 1 aliphatic rings. The Labute approximate surface area is 193 Å². The van der Waals surface area contributed by atoms with Crippen LogP contribution in [-0.4, -0.2) is 36.8 Å². The lowest BCUT2D eigenvalue weighted by atomic mass is 9.87. The van der Waals surface area contributed by atoms with E-state index >= 15 is 0 Å². The van der Waals surface area contributed by atoms with Crippen LogP contribution in [0.15, 0.2) is 48.5 Å². The van der Waals surface area contributed by atoms with Gasteiger partial charge in [-0.25, -0.2) is 4.79 Å². The standard InChI is InChI=1S/C27H38N2O3/c1-5-6-17-31-24-15-13-23(14-16-24)28-26(30)29(20-25-8-7-18-32-25)19-21-9-11-22(12-10-21)27(2,3)4/h9-16,25H,5-8,17-20H2,1-4H3,(H,28,30)/t25-/m1/s1. The van der Waals surface area contributed by atoms with Crippen molar-refractivity contribution in [3.63, 3.8) is 0 Å². The van der Waals surface area contributed by atoms with Crippen molar-refractivity contribution in [3.8, 4) is 5.75 Å². The van der Waals surface area contributed by atoms with Gasteiger partial charge in [0.15, 0.2) is 0 Å². The van der Waals surface area contributed by atoms with Crippen LogP contribution in [0.4, 0.5) is 10.5 Å². The van der Waals surface area contributed by atoms with Crippen LogP contribution in [0.2, 0.25) is 0 Å². The number of urea groups is 1. The van der Waals surface area contributed by atoms with E-state index in [1.807, 2.05) is 29.2 Å². The first-order valence-electron chi connectivity index (χ1n) is 11.8. The zero-order chi connectivity index (χ0) is 23.0. The Morgan fingerprint density at radius 1 is 1.12 bits per heavy atom. The van der Waals surface area contributed by atoms with Crippen molar-refractivity contribution >= 4 is 11.7 Å². The molecule has 1 aliphatic heterocycles. The predicted octanol–water partition coefficient (Wildman–Crippen LogP) is 6.38. The van der Waals surface area contributed by atoms with Crippen molar-refractivity contribution in [3.05, 3.63) is 59.7 Å². The van der Waals surface area contributed by atoms with E-state index in [2.05, 4.69) is 57.3 Å². The lowest BCUT2D eigenvalue weighted by molar-refractivity contribution is 0.0819. The SMILES string of the molecule is CCCCOc1ccc(NC(=O)N(Cc2ccc(C(C)(C)C)cc2)C[C@H]2CCCO2)cc1. The highest BCUT2D eigenvalue weighted by Gasteiger charge is 2.23. The van der Waals surface area contributed by atoms with Crippen molar-refractivity contribution in [2.75, 3.05) is 25.1 Å². The molecule has 1 saturated heterocycles. The zero-order valence-corrected chi connectivity index (χ0v) is 20.0. The lowest BCUT2D eigenvalue weighted by Crippen LogP contribution is -2.39. The number of hydrogen-bond acceptors (Lipinski definition) is 3. The fraction of sp³-hybridized carbons (Fsp3) is 0.519. The molecular weight excluding hydrogens is 400 g/mol. The minimum absolute atomic E-state index is 0.101. The number of ether oxygens (including phenoxy) is 2. The summed E-state index contributed by atoms with van der Waals surface area (Å²) < 4.78 is 11.5. The third kappa shape index (κ3) is 7.27. The third-order valence-electron chi connectivity index (χ3n) is 5.80. The highest BCUT2D eigenvalue weighted by Crippen LogP contribution is 2.23. The average molecular weight is 439 g/mol. The van der Waals surface area contributed by atoms with Crippen LogP contribution in [0, 0.1) is 0 Å². The molecule has 5 heteroatoms. The second-order valence-corrected chi connectivity index (χ2v) is 9.62. The molecule has 2 amide bonds. The monoisotopic (exact) mass is 438 g/mol. The molecule has 1 atom stereocenters. The van der Waals surface area contributed by atoms with Gasteiger partial charge in [0, 0.05) is 25.4 Å². The second kappa shape index (κ2) is 11.4. The maximum absolute atomic E-state index is 13.2. The number of hydrogen-bond donors (Lipinski definition) is 1. The molecule has 2 aromatic carbocycles. The van der Waals surface area contributed by atoms with Gasteiger partial charge < -0.3 is 19.7 Å². The molecule has 0 spiro atoms. The van der Waals surface area contributed by atoms with E-state index in [1.165, 1.54) is 5.56 Å². The first-order valence-corrected chi connectivity index (χ1v) is 11.8. The topological polar surface area (TPSA) is 50.8 Å². The van der Waals surface area contributed by atoms with Gasteiger partial charge in [0.1, 0.15) is 5.75 Å². The number of carbonyl (C=O) groups is 1. The second-order valence-electron chi connectivity index (χ2n) is 9.62. The number of unbranched alkanes of at least 4 members (excludes halogenated alkanes) is 1. The van der Waals surface area contributed by atoms with Crippen LogP contribution >= 0.6 is 0 Å². The number of anilines is 1. The Bertz CT molecular complexity index is 835. The van der Waals surface area contributed by atoms with E-state index in [-0.39, 0.29) is 17.6 Å². The van der Waals surface area contributed by atoms with E-state index < -0.39 is 0 Å². The van der Waals surface area contributed by atoms with Crippen molar-refractivity contribution in [2.45, 2.75) is 71.4 Å². The summed E-state index contributed by atoms with van der Waals surface area (Å²) in [6.07, 6.45) is 4.29. The summed E-state index contributed by atoms with van der Waals surface area (Å²) >= 11 is 0. The van der Waals surface area contributed by atoms with Gasteiger partial charge in [0.2, 0.25) is 0 Å². The van der Waals surface area contributed by atoms with Crippen LogP contribution in [-0.2, 0) is 16.7 Å². The van der Waals surface area contributed by atoms with E-state index in [9.17, 15) is 4.79 Å². The van der Waals surface area contributed by atoms with Crippen molar-refractivity contribution in [2.24, 2.45) is 0 Å². The fourth-order valence-corrected chi connectivity index (χ4v) is 3.76. The minimum Gasteiger partial charge on any atom is -0.494 e. The van der Waals surface area contributed by atoms with E-state index in [0.29, 0.717) is 19.7 Å². The summed E-state index contributed by atoms with van der Waals surface area (Å²) in [6.45, 7) is 11.4. The first kappa shape index (κ1) is 24.1. The molecule has 0 aliphatic carbocycles. The van der Waals surface area contributed by atoms with Crippen LogP contribution in [0.5, 0.6) is 5.75 Å². The number of rotatable bonds is 9. The normalized spacial score (nSPS) is 16.1. The molecule has 1 fully saturated rings. The van der Waals surface area contributed by atoms with Gasteiger partial charge in [-0.2, -0.15) is 0 Å². The van der Waals surface area contributed by atoms with Gasteiger partial charge in [0.25, 0.3) is 0 Å². The molecule has 5 nitrogen and oxygen atoms in total. The van der Waals surface area contributed by atoms with Gasteiger partial charge in [-0.05, 0) is 60.1 Å². The molecular formula is C27H38N2O3. The zero-order valence-electron chi connectivity index (χ0n) is 20.0. The summed E-state index contributed by atoms with van der Waals surface area (Å²) in [5.74, 6) is 0.826. The molecule has 0 radical (unpaired) electrons. The maximum Gasteiger partial charge on any atom is 0.322 e. The quantitative estimate of drug-likeness (QED) is 0.462. The van der Waals surface area contributed by atoms with Gasteiger partial charge in [-0.15, -0.1) is 0 Å². The Hall–Kier alpha value is -2.53. The summed E-state index contributed by atoms with van der Waals surface area (Å²) in [5.41, 5.74) is 3.28.